The van der Waals surface area contributed by atoms with Crippen LogP contribution in [0.3, 0.4) is 0 Å². The third-order valence-electron chi connectivity index (χ3n) is 6.22. The number of thiophene rings is 1. The fourth-order valence-electron chi connectivity index (χ4n) is 4.48. The first kappa shape index (κ1) is 21.8. The van der Waals surface area contributed by atoms with Crippen molar-refractivity contribution in [3.8, 4) is 11.3 Å². The summed E-state index contributed by atoms with van der Waals surface area (Å²) in [4.78, 5) is 24.3. The molecule has 1 aliphatic rings. The minimum atomic E-state index is -0.301. The van der Waals surface area contributed by atoms with Crippen LogP contribution < -0.4 is 5.32 Å². The van der Waals surface area contributed by atoms with Gasteiger partial charge in [-0.1, -0.05) is 12.5 Å². The molecule has 0 atom stereocenters. The minimum Gasteiger partial charge on any atom is -0.465 e. The average Bonchev–Trinajstić information content (AvgIpc) is 3.30. The van der Waals surface area contributed by atoms with Crippen molar-refractivity contribution in [2.75, 3.05) is 38.6 Å². The number of hydrogen-bond acceptors (Lipinski definition) is 7. The van der Waals surface area contributed by atoms with Gasteiger partial charge in [0.1, 0.15) is 4.88 Å². The lowest BCUT2D eigenvalue weighted by atomic mass is 10.1. The van der Waals surface area contributed by atoms with E-state index in [9.17, 15) is 4.79 Å². The number of carbonyl (C=O) groups excluding carboxylic acids is 1. The Morgan fingerprint density at radius 1 is 1.15 bits per heavy atom. The van der Waals surface area contributed by atoms with E-state index in [-0.39, 0.29) is 5.97 Å². The largest absolute Gasteiger partial charge is 0.465 e. The highest BCUT2D eigenvalue weighted by Crippen LogP contribution is 2.32. The molecule has 0 aliphatic carbocycles. The second kappa shape index (κ2) is 9.85. The van der Waals surface area contributed by atoms with Crippen LogP contribution in [-0.2, 0) is 4.74 Å². The average molecular weight is 461 g/mol. The molecule has 1 saturated heterocycles. The van der Waals surface area contributed by atoms with Gasteiger partial charge in [0.2, 0.25) is 0 Å². The van der Waals surface area contributed by atoms with Crippen molar-refractivity contribution < 1.29 is 9.53 Å². The van der Waals surface area contributed by atoms with Crippen LogP contribution in [0.1, 0.15) is 35.4 Å². The molecule has 5 rings (SSSR count). The predicted octanol–water partition coefficient (Wildman–Crippen LogP) is 5.59. The maximum Gasteiger partial charge on any atom is 0.348 e. The number of benzene rings is 1. The number of piperidine rings is 1. The molecule has 1 fully saturated rings. The molecule has 33 heavy (non-hydrogen) atoms. The SMILES string of the molecule is COC(=O)c1cc2cc(-c3cc(NCCCN4CCCCC4)c4cnccc4n3)ccc2s1. The van der Waals surface area contributed by atoms with Gasteiger partial charge in [0, 0.05) is 40.3 Å². The van der Waals surface area contributed by atoms with E-state index in [0.717, 1.165) is 57.4 Å². The van der Waals surface area contributed by atoms with Crippen LogP contribution in [0.5, 0.6) is 0 Å². The Hall–Kier alpha value is -3.03. The highest BCUT2D eigenvalue weighted by molar-refractivity contribution is 7.20. The van der Waals surface area contributed by atoms with Gasteiger partial charge in [-0.15, -0.1) is 11.3 Å². The van der Waals surface area contributed by atoms with Gasteiger partial charge in [0.05, 0.1) is 18.3 Å². The Morgan fingerprint density at radius 3 is 2.88 bits per heavy atom. The zero-order valence-corrected chi connectivity index (χ0v) is 19.7. The summed E-state index contributed by atoms with van der Waals surface area (Å²) >= 11 is 1.45. The van der Waals surface area contributed by atoms with Crippen LogP contribution in [-0.4, -0.2) is 54.1 Å². The van der Waals surface area contributed by atoms with Crippen LogP contribution >= 0.6 is 11.3 Å². The number of anilines is 1. The highest BCUT2D eigenvalue weighted by Gasteiger charge is 2.13. The van der Waals surface area contributed by atoms with Crippen molar-refractivity contribution >= 4 is 44.0 Å². The van der Waals surface area contributed by atoms with Crippen molar-refractivity contribution in [3.63, 3.8) is 0 Å². The molecule has 1 aliphatic heterocycles. The summed E-state index contributed by atoms with van der Waals surface area (Å²) in [5.74, 6) is -0.301. The van der Waals surface area contributed by atoms with Crippen LogP contribution in [0.15, 0.2) is 48.8 Å². The van der Waals surface area contributed by atoms with E-state index in [1.807, 2.05) is 24.4 Å². The molecule has 0 saturated carbocycles. The highest BCUT2D eigenvalue weighted by atomic mass is 32.1. The van der Waals surface area contributed by atoms with Crippen LogP contribution in [0.2, 0.25) is 0 Å². The Labute approximate surface area is 197 Å². The molecule has 4 aromatic rings. The van der Waals surface area contributed by atoms with Crippen LogP contribution in [0.25, 0.3) is 32.2 Å². The molecule has 0 unspecified atom stereocenters. The number of carbonyl (C=O) groups is 1. The Kier molecular flexibility index (Phi) is 6.51. The minimum absolute atomic E-state index is 0.301. The van der Waals surface area contributed by atoms with Gasteiger partial charge in [-0.25, -0.2) is 9.78 Å². The van der Waals surface area contributed by atoms with Gasteiger partial charge in [-0.05, 0) is 74.6 Å². The zero-order chi connectivity index (χ0) is 22.6. The molecule has 4 heterocycles. The summed E-state index contributed by atoms with van der Waals surface area (Å²) in [5, 5.41) is 5.69. The number of esters is 1. The monoisotopic (exact) mass is 460 g/mol. The number of rotatable bonds is 7. The molecule has 1 N–H and O–H groups in total. The van der Waals surface area contributed by atoms with Crippen LogP contribution in [0, 0.1) is 0 Å². The van der Waals surface area contributed by atoms with E-state index >= 15 is 0 Å². The Morgan fingerprint density at radius 2 is 2.03 bits per heavy atom. The van der Waals surface area contributed by atoms with Crippen molar-refractivity contribution in [1.29, 1.82) is 0 Å². The fraction of sp³-hybridized carbons (Fsp3) is 0.346. The molecule has 1 aromatic carbocycles. The lowest BCUT2D eigenvalue weighted by molar-refractivity contribution is 0.0606. The number of likely N-dealkylation sites (tertiary alicyclic amines) is 1. The zero-order valence-electron chi connectivity index (χ0n) is 18.8. The molecule has 0 radical (unpaired) electrons. The van der Waals surface area contributed by atoms with Crippen LogP contribution in [0.4, 0.5) is 5.69 Å². The number of fused-ring (bicyclic) bond motifs is 2. The van der Waals surface area contributed by atoms with Gasteiger partial charge in [0.15, 0.2) is 0 Å². The molecule has 0 bridgehead atoms. The summed E-state index contributed by atoms with van der Waals surface area (Å²) in [6.45, 7) is 4.51. The molecule has 7 heteroatoms. The number of aromatic nitrogens is 2. The second-order valence-corrected chi connectivity index (χ2v) is 9.57. The van der Waals surface area contributed by atoms with Crippen molar-refractivity contribution in [2.45, 2.75) is 25.7 Å². The van der Waals surface area contributed by atoms with Gasteiger partial charge in [-0.2, -0.15) is 0 Å². The molecule has 0 amide bonds. The quantitative estimate of drug-likeness (QED) is 0.287. The number of ether oxygens (including phenoxy) is 1. The van der Waals surface area contributed by atoms with Gasteiger partial charge < -0.3 is 15.0 Å². The first-order valence-electron chi connectivity index (χ1n) is 11.5. The number of nitrogens with zero attached hydrogens (tertiary/aromatic N) is 3. The summed E-state index contributed by atoms with van der Waals surface area (Å²) in [6.07, 6.45) is 8.79. The standard InChI is InChI=1S/C26H28N4O2S/c1-32-26(31)25-15-19-14-18(6-7-24(19)33-25)22-16-23(20-17-27-10-8-21(20)29-22)28-9-5-13-30-11-3-2-4-12-30/h6-8,10,14-17H,2-5,9,11-13H2,1H3,(H,28,29). The third kappa shape index (κ3) is 4.84. The Balaban J connectivity index is 1.39. The lowest BCUT2D eigenvalue weighted by Crippen LogP contribution is -2.31. The predicted molar refractivity (Wildman–Crippen MR) is 135 cm³/mol. The maximum atomic E-state index is 11.9. The summed E-state index contributed by atoms with van der Waals surface area (Å²) in [7, 11) is 1.41. The number of methoxy groups -OCH3 is 1. The fourth-order valence-corrected chi connectivity index (χ4v) is 5.44. The molecule has 3 aromatic heterocycles. The van der Waals surface area contributed by atoms with E-state index < -0.39 is 0 Å². The summed E-state index contributed by atoms with van der Waals surface area (Å²) in [6, 6.07) is 12.2. The maximum absolute atomic E-state index is 11.9. The lowest BCUT2D eigenvalue weighted by Gasteiger charge is -2.26. The Bertz CT molecular complexity index is 1280. The number of hydrogen-bond donors (Lipinski definition) is 1. The van der Waals surface area contributed by atoms with Gasteiger partial charge in [-0.3, -0.25) is 4.98 Å². The molecule has 170 valence electrons. The first-order chi connectivity index (χ1) is 16.2. The number of pyridine rings is 2. The normalized spacial score (nSPS) is 14.6. The molecule has 6 nitrogen and oxygen atoms in total. The third-order valence-corrected chi connectivity index (χ3v) is 7.32. The second-order valence-electron chi connectivity index (χ2n) is 8.49. The molecular weight excluding hydrogens is 432 g/mol. The topological polar surface area (TPSA) is 67.3 Å². The van der Waals surface area contributed by atoms with Crippen molar-refractivity contribution in [3.05, 3.63) is 53.7 Å². The molecular formula is C26H28N4O2S. The van der Waals surface area contributed by atoms with E-state index in [4.69, 9.17) is 9.72 Å². The summed E-state index contributed by atoms with van der Waals surface area (Å²) in [5.41, 5.74) is 3.90. The van der Waals surface area contributed by atoms with E-state index in [2.05, 4.69) is 33.4 Å². The molecule has 0 spiro atoms. The van der Waals surface area contributed by atoms with Crippen molar-refractivity contribution in [2.24, 2.45) is 0 Å². The van der Waals surface area contributed by atoms with Gasteiger partial charge >= 0.3 is 5.97 Å². The first-order valence-corrected chi connectivity index (χ1v) is 12.4. The summed E-state index contributed by atoms with van der Waals surface area (Å²) < 4.78 is 5.93. The van der Waals surface area contributed by atoms with E-state index in [1.165, 1.54) is 50.8 Å². The smallest absolute Gasteiger partial charge is 0.348 e. The van der Waals surface area contributed by atoms with Crippen molar-refractivity contribution in [1.82, 2.24) is 14.9 Å². The van der Waals surface area contributed by atoms with E-state index in [1.54, 1.807) is 6.20 Å². The van der Waals surface area contributed by atoms with Gasteiger partial charge in [0.25, 0.3) is 0 Å². The number of nitrogens with one attached hydrogen (secondary N) is 1. The van der Waals surface area contributed by atoms with E-state index in [0.29, 0.717) is 4.88 Å².